The molecule has 3 rings (SSSR count). The highest BCUT2D eigenvalue weighted by molar-refractivity contribution is 6.33. The number of hydrogen-bond acceptors (Lipinski definition) is 4. The fraction of sp³-hybridized carbons (Fsp3) is 0.632. The number of carbonyl (C=O) groups excluding carboxylic acids is 1. The van der Waals surface area contributed by atoms with Crippen molar-refractivity contribution in [1.29, 1.82) is 0 Å². The molecule has 1 N–H and O–H groups in total. The molecule has 2 saturated heterocycles. The summed E-state index contributed by atoms with van der Waals surface area (Å²) in [6, 6.07) is 7.36. The van der Waals surface area contributed by atoms with E-state index >= 15 is 0 Å². The Balaban J connectivity index is 1.34. The van der Waals surface area contributed by atoms with Gasteiger partial charge in [-0.2, -0.15) is 0 Å². The zero-order valence-electron chi connectivity index (χ0n) is 14.9. The van der Waals surface area contributed by atoms with Gasteiger partial charge in [-0.05, 0) is 38.1 Å². The van der Waals surface area contributed by atoms with Gasteiger partial charge in [0.1, 0.15) is 0 Å². The second-order valence-electron chi connectivity index (χ2n) is 7.05. The molecule has 0 atom stereocenters. The van der Waals surface area contributed by atoms with Crippen LogP contribution in [0.5, 0.6) is 0 Å². The highest BCUT2D eigenvalue weighted by atomic mass is 35.5. The lowest BCUT2D eigenvalue weighted by molar-refractivity contribution is -0.117. The summed E-state index contributed by atoms with van der Waals surface area (Å²) in [5.74, 6) is 0.00914. The number of nitrogens with zero attached hydrogens (tertiary/aromatic N) is 3. The predicted octanol–water partition coefficient (Wildman–Crippen LogP) is 2.38. The standard InChI is InChI=1S/C19H29ClN4O/c20-17-6-2-3-7-18(17)21-19(25)16-24-14-12-23(13-15-24)11-10-22-8-4-1-5-9-22/h2-3,6-7H,1,4-5,8-16H2,(H,21,25). The lowest BCUT2D eigenvalue weighted by Gasteiger charge is -2.36. The summed E-state index contributed by atoms with van der Waals surface area (Å²) in [5, 5.41) is 3.49. The zero-order valence-corrected chi connectivity index (χ0v) is 15.7. The van der Waals surface area contributed by atoms with Crippen molar-refractivity contribution in [3.8, 4) is 0 Å². The number of likely N-dealkylation sites (tertiary alicyclic amines) is 1. The molecule has 2 heterocycles. The van der Waals surface area contributed by atoms with Crippen LogP contribution in [0.3, 0.4) is 0 Å². The van der Waals surface area contributed by atoms with E-state index in [-0.39, 0.29) is 5.91 Å². The third-order valence-corrected chi connectivity index (χ3v) is 5.49. The molecule has 5 nitrogen and oxygen atoms in total. The van der Waals surface area contributed by atoms with E-state index in [0.717, 1.165) is 32.7 Å². The highest BCUT2D eigenvalue weighted by Gasteiger charge is 2.20. The van der Waals surface area contributed by atoms with Gasteiger partial charge in [-0.25, -0.2) is 0 Å². The van der Waals surface area contributed by atoms with Crippen LogP contribution in [0.1, 0.15) is 19.3 Å². The van der Waals surface area contributed by atoms with Crippen molar-refractivity contribution in [3.05, 3.63) is 29.3 Å². The van der Waals surface area contributed by atoms with Gasteiger partial charge in [0.05, 0.1) is 17.3 Å². The first-order valence-electron chi connectivity index (χ1n) is 9.42. The molecule has 0 unspecified atom stereocenters. The summed E-state index contributed by atoms with van der Waals surface area (Å²) in [4.78, 5) is 19.6. The summed E-state index contributed by atoms with van der Waals surface area (Å²) < 4.78 is 0. The van der Waals surface area contributed by atoms with Gasteiger partial charge in [0.2, 0.25) is 5.91 Å². The zero-order chi connectivity index (χ0) is 17.5. The van der Waals surface area contributed by atoms with E-state index in [9.17, 15) is 4.79 Å². The Hall–Kier alpha value is -1.14. The van der Waals surface area contributed by atoms with Crippen molar-refractivity contribution in [1.82, 2.24) is 14.7 Å². The molecule has 6 heteroatoms. The molecule has 0 aliphatic carbocycles. The number of piperidine rings is 1. The Labute approximate surface area is 155 Å². The van der Waals surface area contributed by atoms with Crippen LogP contribution in [0.2, 0.25) is 5.02 Å². The quantitative estimate of drug-likeness (QED) is 0.841. The van der Waals surface area contributed by atoms with Gasteiger partial charge in [-0.3, -0.25) is 14.6 Å². The molecule has 0 bridgehead atoms. The number of carbonyl (C=O) groups is 1. The Morgan fingerprint density at radius 2 is 1.48 bits per heavy atom. The monoisotopic (exact) mass is 364 g/mol. The first-order valence-corrected chi connectivity index (χ1v) is 9.80. The van der Waals surface area contributed by atoms with Crippen LogP contribution < -0.4 is 5.32 Å². The number of benzene rings is 1. The number of rotatable bonds is 6. The maximum atomic E-state index is 12.2. The average molecular weight is 365 g/mol. The van der Waals surface area contributed by atoms with Crippen LogP contribution in [0.25, 0.3) is 0 Å². The van der Waals surface area contributed by atoms with E-state index in [1.165, 1.54) is 38.9 Å². The third kappa shape index (κ3) is 5.96. The molecule has 2 aliphatic heterocycles. The summed E-state index contributed by atoms with van der Waals surface area (Å²) in [6.07, 6.45) is 4.11. The number of nitrogens with one attached hydrogen (secondary N) is 1. The van der Waals surface area contributed by atoms with Crippen molar-refractivity contribution in [2.45, 2.75) is 19.3 Å². The molecular formula is C19H29ClN4O. The van der Waals surface area contributed by atoms with Gasteiger partial charge in [0, 0.05) is 39.3 Å². The number of halogens is 1. The molecule has 1 amide bonds. The van der Waals surface area contributed by atoms with Crippen molar-refractivity contribution in [3.63, 3.8) is 0 Å². The van der Waals surface area contributed by atoms with E-state index in [0.29, 0.717) is 17.3 Å². The first-order chi connectivity index (χ1) is 12.2. The summed E-state index contributed by atoms with van der Waals surface area (Å²) >= 11 is 6.09. The Morgan fingerprint density at radius 1 is 0.880 bits per heavy atom. The minimum Gasteiger partial charge on any atom is -0.324 e. The van der Waals surface area contributed by atoms with Crippen LogP contribution in [0.4, 0.5) is 5.69 Å². The average Bonchev–Trinajstić information content (AvgIpc) is 2.64. The maximum Gasteiger partial charge on any atom is 0.238 e. The van der Waals surface area contributed by atoms with E-state index in [4.69, 9.17) is 11.6 Å². The molecule has 1 aromatic rings. The number of amides is 1. The maximum absolute atomic E-state index is 12.2. The van der Waals surface area contributed by atoms with Crippen LogP contribution >= 0.6 is 11.6 Å². The summed E-state index contributed by atoms with van der Waals surface area (Å²) in [6.45, 7) is 9.31. The number of anilines is 1. The molecule has 0 radical (unpaired) electrons. The van der Waals surface area contributed by atoms with Crippen molar-refractivity contribution < 1.29 is 4.79 Å². The van der Waals surface area contributed by atoms with Crippen LogP contribution in [-0.2, 0) is 4.79 Å². The predicted molar refractivity (Wildman–Crippen MR) is 103 cm³/mol. The summed E-state index contributed by atoms with van der Waals surface area (Å²) in [5.41, 5.74) is 0.689. The largest absolute Gasteiger partial charge is 0.324 e. The lowest BCUT2D eigenvalue weighted by Crippen LogP contribution is -2.50. The van der Waals surface area contributed by atoms with Gasteiger partial charge >= 0.3 is 0 Å². The number of para-hydroxylation sites is 1. The Morgan fingerprint density at radius 3 is 2.16 bits per heavy atom. The SMILES string of the molecule is O=C(CN1CCN(CCN2CCCCC2)CC1)Nc1ccccc1Cl. The van der Waals surface area contributed by atoms with Gasteiger partial charge < -0.3 is 10.2 Å². The van der Waals surface area contributed by atoms with E-state index in [1.54, 1.807) is 6.07 Å². The first kappa shape index (κ1) is 18.6. The third-order valence-electron chi connectivity index (χ3n) is 5.16. The highest BCUT2D eigenvalue weighted by Crippen LogP contribution is 2.20. The molecule has 25 heavy (non-hydrogen) atoms. The normalized spacial score (nSPS) is 20.5. The minimum absolute atomic E-state index is 0.00914. The molecule has 2 aliphatic rings. The van der Waals surface area contributed by atoms with Gasteiger partial charge in [-0.1, -0.05) is 30.2 Å². The number of piperazine rings is 1. The van der Waals surface area contributed by atoms with E-state index in [2.05, 4.69) is 20.0 Å². The molecule has 0 saturated carbocycles. The van der Waals surface area contributed by atoms with E-state index < -0.39 is 0 Å². The fourth-order valence-corrected chi connectivity index (χ4v) is 3.78. The molecule has 138 valence electrons. The van der Waals surface area contributed by atoms with Crippen LogP contribution in [0, 0.1) is 0 Å². The second-order valence-corrected chi connectivity index (χ2v) is 7.46. The topological polar surface area (TPSA) is 38.8 Å². The van der Waals surface area contributed by atoms with Gasteiger partial charge in [0.25, 0.3) is 0 Å². The summed E-state index contributed by atoms with van der Waals surface area (Å²) in [7, 11) is 0. The molecule has 2 fully saturated rings. The molecular weight excluding hydrogens is 336 g/mol. The second kappa shape index (κ2) is 9.53. The lowest BCUT2D eigenvalue weighted by atomic mass is 10.1. The van der Waals surface area contributed by atoms with Gasteiger partial charge in [0.15, 0.2) is 0 Å². The molecule has 0 spiro atoms. The van der Waals surface area contributed by atoms with Crippen LogP contribution in [-0.4, -0.2) is 79.5 Å². The smallest absolute Gasteiger partial charge is 0.238 e. The Kier molecular flexibility index (Phi) is 7.11. The van der Waals surface area contributed by atoms with Crippen LogP contribution in [0.15, 0.2) is 24.3 Å². The van der Waals surface area contributed by atoms with Crippen molar-refractivity contribution in [2.24, 2.45) is 0 Å². The van der Waals surface area contributed by atoms with Gasteiger partial charge in [-0.15, -0.1) is 0 Å². The Bertz CT molecular complexity index is 554. The molecule has 1 aromatic carbocycles. The number of hydrogen-bond donors (Lipinski definition) is 1. The fourth-order valence-electron chi connectivity index (χ4n) is 3.59. The van der Waals surface area contributed by atoms with Crippen molar-refractivity contribution in [2.75, 3.05) is 64.2 Å². The minimum atomic E-state index is 0.00914. The molecule has 0 aromatic heterocycles. The van der Waals surface area contributed by atoms with Crippen molar-refractivity contribution >= 4 is 23.2 Å². The van der Waals surface area contributed by atoms with E-state index in [1.807, 2.05) is 18.2 Å².